The largest absolute Gasteiger partial charge is 0.384 e. The number of aliphatic hydroxyl groups is 1. The predicted octanol–water partition coefficient (Wildman–Crippen LogP) is 2.03. The minimum atomic E-state index is -0.513. The maximum Gasteiger partial charge on any atom is 0.259 e. The summed E-state index contributed by atoms with van der Waals surface area (Å²) in [5.41, 5.74) is 1.76. The number of carbonyl (C=O) groups excluding carboxylic acids is 1. The summed E-state index contributed by atoms with van der Waals surface area (Å²) in [6.45, 7) is 3.14. The first kappa shape index (κ1) is 14.8. The van der Waals surface area contributed by atoms with Crippen LogP contribution in [0.15, 0.2) is 22.7 Å². The molecule has 6 heteroatoms. The van der Waals surface area contributed by atoms with Gasteiger partial charge < -0.3 is 9.63 Å². The topological polar surface area (TPSA) is 75.4 Å². The molecule has 0 spiro atoms. The Morgan fingerprint density at radius 2 is 2.24 bits per heavy atom. The number of aromatic nitrogens is 1. The standard InChI is InChI=1S/C15H13FN2O3/c1-9-10(2)18-21-15(9)17-14(20)13-6-5-12(16)8-11(13)4-3-7-19/h5-6,8,19H,7H2,1-2H3,(H,17,20). The summed E-state index contributed by atoms with van der Waals surface area (Å²) in [6.07, 6.45) is 0. The van der Waals surface area contributed by atoms with E-state index in [1.165, 1.54) is 6.07 Å². The summed E-state index contributed by atoms with van der Waals surface area (Å²) in [7, 11) is 0. The zero-order chi connectivity index (χ0) is 15.4. The van der Waals surface area contributed by atoms with Gasteiger partial charge in [-0.1, -0.05) is 17.0 Å². The van der Waals surface area contributed by atoms with Gasteiger partial charge in [0.2, 0.25) is 5.88 Å². The highest BCUT2D eigenvalue weighted by Gasteiger charge is 2.16. The van der Waals surface area contributed by atoms with Crippen LogP contribution in [0, 0.1) is 31.5 Å². The van der Waals surface area contributed by atoms with Crippen LogP contribution in [0.5, 0.6) is 0 Å². The van der Waals surface area contributed by atoms with Crippen molar-refractivity contribution in [2.24, 2.45) is 0 Å². The number of amides is 1. The molecule has 0 bridgehead atoms. The van der Waals surface area contributed by atoms with E-state index in [1.807, 2.05) is 0 Å². The number of aryl methyl sites for hydroxylation is 1. The molecule has 21 heavy (non-hydrogen) atoms. The van der Waals surface area contributed by atoms with Gasteiger partial charge in [-0.3, -0.25) is 10.1 Å². The number of halogens is 1. The van der Waals surface area contributed by atoms with Crippen LogP contribution in [-0.4, -0.2) is 22.8 Å². The van der Waals surface area contributed by atoms with Crippen LogP contribution >= 0.6 is 0 Å². The molecule has 2 N–H and O–H groups in total. The highest BCUT2D eigenvalue weighted by molar-refractivity contribution is 6.05. The maximum atomic E-state index is 13.2. The molecule has 0 saturated carbocycles. The van der Waals surface area contributed by atoms with E-state index in [1.54, 1.807) is 13.8 Å². The first-order valence-corrected chi connectivity index (χ1v) is 6.16. The van der Waals surface area contributed by atoms with E-state index in [9.17, 15) is 9.18 Å². The first-order chi connectivity index (χ1) is 10.0. The van der Waals surface area contributed by atoms with Gasteiger partial charge in [-0.25, -0.2) is 4.39 Å². The van der Waals surface area contributed by atoms with Gasteiger partial charge in [0.25, 0.3) is 5.91 Å². The van der Waals surface area contributed by atoms with Gasteiger partial charge in [-0.05, 0) is 32.0 Å². The molecule has 0 atom stereocenters. The predicted molar refractivity (Wildman–Crippen MR) is 74.3 cm³/mol. The van der Waals surface area contributed by atoms with Gasteiger partial charge in [-0.2, -0.15) is 0 Å². The molecule has 1 aromatic heterocycles. The number of benzene rings is 1. The van der Waals surface area contributed by atoms with Crippen LogP contribution in [0.25, 0.3) is 0 Å². The van der Waals surface area contributed by atoms with Crippen molar-refractivity contribution in [2.45, 2.75) is 13.8 Å². The number of nitrogens with zero attached hydrogens (tertiary/aromatic N) is 1. The molecular weight excluding hydrogens is 275 g/mol. The van der Waals surface area contributed by atoms with Crippen molar-refractivity contribution < 1.29 is 18.8 Å². The molecule has 2 aromatic rings. The molecule has 2 rings (SSSR count). The highest BCUT2D eigenvalue weighted by atomic mass is 19.1. The van der Waals surface area contributed by atoms with Crippen molar-refractivity contribution >= 4 is 11.8 Å². The number of nitrogens with one attached hydrogen (secondary N) is 1. The van der Waals surface area contributed by atoms with Crippen LogP contribution in [-0.2, 0) is 0 Å². The number of carbonyl (C=O) groups is 1. The summed E-state index contributed by atoms with van der Waals surface area (Å²) in [6, 6.07) is 3.62. The second-order valence-electron chi connectivity index (χ2n) is 4.33. The van der Waals surface area contributed by atoms with E-state index in [-0.39, 0.29) is 23.6 Å². The molecule has 0 aliphatic rings. The third kappa shape index (κ3) is 3.27. The Labute approximate surface area is 120 Å². The van der Waals surface area contributed by atoms with Gasteiger partial charge in [-0.15, -0.1) is 0 Å². The number of aliphatic hydroxyl groups excluding tert-OH is 1. The van der Waals surface area contributed by atoms with Crippen LogP contribution in [0.2, 0.25) is 0 Å². The summed E-state index contributed by atoms with van der Waals surface area (Å²) in [5, 5.41) is 15.0. The van der Waals surface area contributed by atoms with Crippen LogP contribution in [0.4, 0.5) is 10.3 Å². The molecule has 0 fully saturated rings. The van der Waals surface area contributed by atoms with Crippen molar-refractivity contribution in [2.75, 3.05) is 11.9 Å². The van der Waals surface area contributed by atoms with Gasteiger partial charge in [0.15, 0.2) is 0 Å². The van der Waals surface area contributed by atoms with E-state index in [2.05, 4.69) is 22.3 Å². The average Bonchev–Trinajstić information content (AvgIpc) is 2.77. The van der Waals surface area contributed by atoms with E-state index in [4.69, 9.17) is 9.63 Å². The van der Waals surface area contributed by atoms with Crippen molar-refractivity contribution in [3.05, 3.63) is 46.4 Å². The van der Waals surface area contributed by atoms with Gasteiger partial charge in [0.1, 0.15) is 12.4 Å². The lowest BCUT2D eigenvalue weighted by atomic mass is 10.1. The fourth-order valence-corrected chi connectivity index (χ4v) is 1.66. The quantitative estimate of drug-likeness (QED) is 0.829. The Hall–Kier alpha value is -2.65. The third-order valence-electron chi connectivity index (χ3n) is 2.91. The lowest BCUT2D eigenvalue weighted by Crippen LogP contribution is -2.14. The molecule has 0 unspecified atom stereocenters. The van der Waals surface area contributed by atoms with Crippen molar-refractivity contribution in [3.8, 4) is 11.8 Å². The second-order valence-corrected chi connectivity index (χ2v) is 4.33. The van der Waals surface area contributed by atoms with Crippen LogP contribution in [0.1, 0.15) is 27.2 Å². The summed E-state index contributed by atoms with van der Waals surface area (Å²) in [4.78, 5) is 12.2. The lowest BCUT2D eigenvalue weighted by Gasteiger charge is -2.05. The van der Waals surface area contributed by atoms with Crippen LogP contribution in [0.3, 0.4) is 0 Å². The Balaban J connectivity index is 2.33. The summed E-state index contributed by atoms with van der Waals surface area (Å²) in [5.74, 6) is 4.17. The summed E-state index contributed by atoms with van der Waals surface area (Å²) >= 11 is 0. The Morgan fingerprint density at radius 1 is 1.48 bits per heavy atom. The fraction of sp³-hybridized carbons (Fsp3) is 0.200. The third-order valence-corrected chi connectivity index (χ3v) is 2.91. The number of anilines is 1. The minimum absolute atomic E-state index is 0.186. The zero-order valence-electron chi connectivity index (χ0n) is 11.5. The Morgan fingerprint density at radius 3 is 2.86 bits per heavy atom. The van der Waals surface area contributed by atoms with E-state index >= 15 is 0 Å². The molecule has 1 heterocycles. The second kappa shape index (κ2) is 6.20. The number of hydrogen-bond acceptors (Lipinski definition) is 4. The van der Waals surface area contributed by atoms with Gasteiger partial charge in [0, 0.05) is 11.1 Å². The molecular formula is C15H13FN2O3. The highest BCUT2D eigenvalue weighted by Crippen LogP contribution is 2.19. The zero-order valence-corrected chi connectivity index (χ0v) is 11.5. The van der Waals surface area contributed by atoms with Crippen LogP contribution < -0.4 is 5.32 Å². The van der Waals surface area contributed by atoms with E-state index in [0.717, 1.165) is 12.1 Å². The number of hydrogen-bond donors (Lipinski definition) is 2. The molecule has 0 radical (unpaired) electrons. The Bertz CT molecular complexity index is 741. The SMILES string of the molecule is Cc1noc(NC(=O)c2ccc(F)cc2C#CCO)c1C. The molecule has 0 aliphatic heterocycles. The van der Waals surface area contributed by atoms with Crippen molar-refractivity contribution in [3.63, 3.8) is 0 Å². The lowest BCUT2D eigenvalue weighted by molar-refractivity contribution is 0.102. The van der Waals surface area contributed by atoms with E-state index in [0.29, 0.717) is 11.3 Å². The molecule has 108 valence electrons. The summed E-state index contributed by atoms with van der Waals surface area (Å²) < 4.78 is 18.2. The molecule has 5 nitrogen and oxygen atoms in total. The molecule has 0 saturated heterocycles. The average molecular weight is 288 g/mol. The molecule has 0 aliphatic carbocycles. The minimum Gasteiger partial charge on any atom is -0.384 e. The maximum absolute atomic E-state index is 13.2. The van der Waals surface area contributed by atoms with Gasteiger partial charge in [0.05, 0.1) is 11.3 Å². The van der Waals surface area contributed by atoms with Crippen molar-refractivity contribution in [1.82, 2.24) is 5.16 Å². The Kier molecular flexibility index (Phi) is 4.36. The molecule has 1 amide bonds. The van der Waals surface area contributed by atoms with Gasteiger partial charge >= 0.3 is 0 Å². The fourth-order valence-electron chi connectivity index (χ4n) is 1.66. The van der Waals surface area contributed by atoms with Crippen molar-refractivity contribution in [1.29, 1.82) is 0 Å². The smallest absolute Gasteiger partial charge is 0.259 e. The normalized spacial score (nSPS) is 9.90. The number of rotatable bonds is 2. The molecule has 1 aromatic carbocycles. The monoisotopic (exact) mass is 288 g/mol. The van der Waals surface area contributed by atoms with E-state index < -0.39 is 11.7 Å². The first-order valence-electron chi connectivity index (χ1n) is 6.16.